The Morgan fingerprint density at radius 3 is 2.61 bits per heavy atom. The lowest BCUT2D eigenvalue weighted by Gasteiger charge is -2.21. The van der Waals surface area contributed by atoms with Crippen molar-refractivity contribution in [2.24, 2.45) is 5.10 Å². The zero-order valence-corrected chi connectivity index (χ0v) is 15.3. The van der Waals surface area contributed by atoms with Gasteiger partial charge in [0.15, 0.2) is 0 Å². The van der Waals surface area contributed by atoms with E-state index in [2.05, 4.69) is 12.0 Å². The number of benzene rings is 2. The monoisotopic (exact) mass is 369 g/mol. The minimum atomic E-state index is 0.484. The third-order valence-electron chi connectivity index (χ3n) is 3.32. The van der Waals surface area contributed by atoms with Gasteiger partial charge in [-0.05, 0) is 43.7 Å². The Morgan fingerprint density at radius 1 is 1.17 bits per heavy atom. The Bertz CT molecular complexity index is 729. The van der Waals surface area contributed by atoms with Crippen LogP contribution >= 0.6 is 34.8 Å². The zero-order chi connectivity index (χ0) is 17.0. The smallest absolute Gasteiger partial charge is 0.0845 e. The number of hydrogen-bond donors (Lipinski definition) is 1. The minimum Gasteiger partial charge on any atom is -0.398 e. The van der Waals surface area contributed by atoms with Crippen molar-refractivity contribution >= 4 is 51.9 Å². The molecule has 0 aliphatic carbocycles. The van der Waals surface area contributed by atoms with Crippen LogP contribution in [-0.4, -0.2) is 12.3 Å². The van der Waals surface area contributed by atoms with E-state index in [-0.39, 0.29) is 0 Å². The third kappa shape index (κ3) is 4.31. The van der Waals surface area contributed by atoms with E-state index in [4.69, 9.17) is 40.5 Å². The second kappa shape index (κ2) is 7.91. The van der Waals surface area contributed by atoms with Gasteiger partial charge in [0.2, 0.25) is 0 Å². The van der Waals surface area contributed by atoms with Crippen LogP contribution in [0.15, 0.2) is 41.5 Å². The molecule has 0 heterocycles. The fourth-order valence-electron chi connectivity index (χ4n) is 2.20. The van der Waals surface area contributed by atoms with Crippen LogP contribution in [0.2, 0.25) is 15.1 Å². The summed E-state index contributed by atoms with van der Waals surface area (Å²) in [4.78, 5) is 0. The van der Waals surface area contributed by atoms with Crippen LogP contribution in [0.5, 0.6) is 0 Å². The van der Waals surface area contributed by atoms with Crippen molar-refractivity contribution in [2.75, 3.05) is 17.3 Å². The van der Waals surface area contributed by atoms with E-state index in [1.165, 1.54) is 0 Å². The molecule has 0 spiro atoms. The molecule has 0 fully saturated rings. The molecule has 0 aliphatic heterocycles. The lowest BCUT2D eigenvalue weighted by Crippen LogP contribution is -2.20. The van der Waals surface area contributed by atoms with E-state index < -0.39 is 0 Å². The highest BCUT2D eigenvalue weighted by atomic mass is 35.5. The van der Waals surface area contributed by atoms with Gasteiger partial charge in [-0.3, -0.25) is 5.01 Å². The summed E-state index contributed by atoms with van der Waals surface area (Å²) in [6, 6.07) is 10.8. The summed E-state index contributed by atoms with van der Waals surface area (Å²) < 4.78 is 0. The Hall–Kier alpha value is -1.42. The predicted molar refractivity (Wildman–Crippen MR) is 102 cm³/mol. The molecular weight excluding hydrogens is 353 g/mol. The molecular formula is C17H18Cl3N3. The summed E-state index contributed by atoms with van der Waals surface area (Å²) in [6.45, 7) is 4.67. The van der Waals surface area contributed by atoms with Gasteiger partial charge < -0.3 is 5.73 Å². The molecule has 2 aromatic carbocycles. The molecule has 0 aliphatic rings. The number of nitrogen functional groups attached to an aromatic ring is 1. The normalized spacial score (nSPS) is 11.6. The molecule has 23 heavy (non-hydrogen) atoms. The number of hydrazone groups is 1. The maximum Gasteiger partial charge on any atom is 0.0845 e. The second-order valence-corrected chi connectivity index (χ2v) is 6.33. The van der Waals surface area contributed by atoms with Gasteiger partial charge in [-0.1, -0.05) is 47.8 Å². The molecule has 3 nitrogen and oxygen atoms in total. The Kier molecular flexibility index (Phi) is 6.17. The average molecular weight is 371 g/mol. The molecule has 6 heteroatoms. The molecule has 2 aromatic rings. The summed E-state index contributed by atoms with van der Waals surface area (Å²) in [7, 11) is 0. The summed E-state index contributed by atoms with van der Waals surface area (Å²) in [5, 5.41) is 8.12. The Balaban J connectivity index is 2.45. The van der Waals surface area contributed by atoms with Crippen LogP contribution in [0.1, 0.15) is 25.8 Å². The molecule has 2 N–H and O–H groups in total. The van der Waals surface area contributed by atoms with E-state index in [9.17, 15) is 0 Å². The number of nitrogens with two attached hydrogens (primary N) is 1. The highest BCUT2D eigenvalue weighted by Crippen LogP contribution is 2.33. The lowest BCUT2D eigenvalue weighted by molar-refractivity contribution is 0.806. The summed E-state index contributed by atoms with van der Waals surface area (Å²) in [5.74, 6) is 0. The zero-order valence-electron chi connectivity index (χ0n) is 13.0. The van der Waals surface area contributed by atoms with E-state index in [0.29, 0.717) is 27.3 Å². The van der Waals surface area contributed by atoms with E-state index in [0.717, 1.165) is 23.4 Å². The quantitative estimate of drug-likeness (QED) is 0.406. The van der Waals surface area contributed by atoms with Gasteiger partial charge in [0.25, 0.3) is 0 Å². The number of anilines is 2. The van der Waals surface area contributed by atoms with Gasteiger partial charge in [-0.25, -0.2) is 0 Å². The molecule has 0 aromatic heterocycles. The molecule has 0 atom stereocenters. The number of hydrogen-bond acceptors (Lipinski definition) is 3. The first kappa shape index (κ1) is 17.9. The van der Waals surface area contributed by atoms with Crippen molar-refractivity contribution in [1.82, 2.24) is 0 Å². The Morgan fingerprint density at radius 2 is 1.91 bits per heavy atom. The van der Waals surface area contributed by atoms with Crippen LogP contribution in [-0.2, 0) is 0 Å². The van der Waals surface area contributed by atoms with Crippen molar-refractivity contribution in [2.45, 2.75) is 20.3 Å². The molecule has 0 amide bonds. The van der Waals surface area contributed by atoms with E-state index >= 15 is 0 Å². The highest BCUT2D eigenvalue weighted by molar-refractivity contribution is 6.43. The van der Waals surface area contributed by atoms with Crippen LogP contribution in [0, 0.1) is 0 Å². The summed E-state index contributed by atoms with van der Waals surface area (Å²) >= 11 is 18.5. The van der Waals surface area contributed by atoms with Gasteiger partial charge in [0.05, 0.1) is 21.4 Å². The first-order chi connectivity index (χ1) is 10.9. The van der Waals surface area contributed by atoms with Crippen molar-refractivity contribution in [3.63, 3.8) is 0 Å². The van der Waals surface area contributed by atoms with E-state index in [1.807, 2.05) is 24.1 Å². The standard InChI is InChI=1S/C17H18Cl3N3/c1-3-9-23(16-6-4-5-14(19)17(16)20)22-11(2)13-10-12(18)7-8-15(13)21/h4-8,10H,3,9,21H2,1-2H3/b22-11+. The molecule has 2 rings (SSSR count). The first-order valence-corrected chi connectivity index (χ1v) is 8.39. The van der Waals surface area contributed by atoms with Gasteiger partial charge in [-0.15, -0.1) is 0 Å². The fourth-order valence-corrected chi connectivity index (χ4v) is 2.77. The molecule has 122 valence electrons. The molecule has 0 saturated heterocycles. The average Bonchev–Trinajstić information content (AvgIpc) is 2.52. The van der Waals surface area contributed by atoms with Crippen LogP contribution in [0.3, 0.4) is 0 Å². The van der Waals surface area contributed by atoms with Gasteiger partial charge >= 0.3 is 0 Å². The fraction of sp³-hybridized carbons (Fsp3) is 0.235. The largest absolute Gasteiger partial charge is 0.398 e. The van der Waals surface area contributed by atoms with Crippen LogP contribution < -0.4 is 10.7 Å². The molecule has 0 saturated carbocycles. The topological polar surface area (TPSA) is 41.6 Å². The van der Waals surface area contributed by atoms with E-state index in [1.54, 1.807) is 24.3 Å². The predicted octanol–water partition coefficient (Wildman–Crippen LogP) is 5.87. The SMILES string of the molecule is CCCN(/N=C(\C)c1cc(Cl)ccc1N)c1cccc(Cl)c1Cl. The van der Waals surface area contributed by atoms with Crippen LogP contribution in [0.25, 0.3) is 0 Å². The third-order valence-corrected chi connectivity index (χ3v) is 4.36. The molecule has 0 radical (unpaired) electrons. The van der Waals surface area contributed by atoms with Crippen molar-refractivity contribution in [1.29, 1.82) is 0 Å². The van der Waals surface area contributed by atoms with Crippen molar-refractivity contribution in [3.8, 4) is 0 Å². The Labute approximate surface area is 151 Å². The maximum atomic E-state index is 6.32. The number of halogens is 3. The minimum absolute atomic E-state index is 0.484. The van der Waals surface area contributed by atoms with Gasteiger partial charge in [-0.2, -0.15) is 5.10 Å². The van der Waals surface area contributed by atoms with Gasteiger partial charge in [0.1, 0.15) is 0 Å². The molecule has 0 unspecified atom stereocenters. The van der Waals surface area contributed by atoms with Crippen LogP contribution in [0.4, 0.5) is 11.4 Å². The van der Waals surface area contributed by atoms with Gasteiger partial charge in [0, 0.05) is 22.8 Å². The summed E-state index contributed by atoms with van der Waals surface area (Å²) in [5.41, 5.74) is 8.98. The first-order valence-electron chi connectivity index (χ1n) is 7.26. The molecule has 0 bridgehead atoms. The summed E-state index contributed by atoms with van der Waals surface area (Å²) in [6.07, 6.45) is 0.907. The van der Waals surface area contributed by atoms with Crippen molar-refractivity contribution < 1.29 is 0 Å². The number of nitrogens with zero attached hydrogens (tertiary/aromatic N) is 2. The highest BCUT2D eigenvalue weighted by Gasteiger charge is 2.13. The lowest BCUT2D eigenvalue weighted by atomic mass is 10.1. The maximum absolute atomic E-state index is 6.32. The second-order valence-electron chi connectivity index (χ2n) is 5.11. The van der Waals surface area contributed by atoms with Crippen molar-refractivity contribution in [3.05, 3.63) is 57.0 Å². The number of rotatable bonds is 5.